The first-order valence-corrected chi connectivity index (χ1v) is 7.39. The predicted molar refractivity (Wildman–Crippen MR) is 73.1 cm³/mol. The van der Waals surface area contributed by atoms with Gasteiger partial charge < -0.3 is 5.73 Å². The van der Waals surface area contributed by atoms with Crippen LogP contribution in [0.15, 0.2) is 33.2 Å². The van der Waals surface area contributed by atoms with Crippen molar-refractivity contribution < 1.29 is 12.8 Å². The second-order valence-electron chi connectivity index (χ2n) is 3.94. The Hall–Kier alpha value is -0.920. The van der Waals surface area contributed by atoms with Gasteiger partial charge in [-0.05, 0) is 41.9 Å². The first kappa shape index (κ1) is 15.1. The largest absolute Gasteiger partial charge is 0.396 e. The zero-order chi connectivity index (χ0) is 13.9. The Balaban J connectivity index is 3.06. The summed E-state index contributed by atoms with van der Waals surface area (Å²) >= 11 is 3.01. The molecule has 4 nitrogen and oxygen atoms in total. The first-order chi connectivity index (χ1) is 8.24. The molecule has 0 atom stereocenters. The summed E-state index contributed by atoms with van der Waals surface area (Å²) in [4.78, 5) is -0.0800. The number of sulfonamides is 1. The Morgan fingerprint density at radius 3 is 2.67 bits per heavy atom. The van der Waals surface area contributed by atoms with Gasteiger partial charge in [0.2, 0.25) is 10.0 Å². The maximum absolute atomic E-state index is 13.1. The van der Waals surface area contributed by atoms with E-state index in [-0.39, 0.29) is 21.6 Å². The zero-order valence-corrected chi connectivity index (χ0v) is 12.4. The fourth-order valence-corrected chi connectivity index (χ4v) is 3.19. The summed E-state index contributed by atoms with van der Waals surface area (Å²) in [6.07, 6.45) is 1.73. The second kappa shape index (κ2) is 5.81. The second-order valence-corrected chi connectivity index (χ2v) is 6.53. The Labute approximate surface area is 114 Å². The minimum atomic E-state index is -3.71. The number of rotatable bonds is 4. The van der Waals surface area contributed by atoms with Crippen molar-refractivity contribution in [3.63, 3.8) is 0 Å². The lowest BCUT2D eigenvalue weighted by molar-refractivity contribution is 0.584. The summed E-state index contributed by atoms with van der Waals surface area (Å²) in [5.74, 6) is -0.662. The molecular formula is C11H14BrFN2O2S. The smallest absolute Gasteiger partial charge is 0.242 e. The van der Waals surface area contributed by atoms with Crippen molar-refractivity contribution in [1.82, 2.24) is 4.72 Å². The minimum absolute atomic E-state index is 0.0800. The van der Waals surface area contributed by atoms with Crippen LogP contribution in [-0.4, -0.2) is 15.0 Å². The third-order valence-corrected chi connectivity index (χ3v) is 4.51. The molecule has 7 heteroatoms. The van der Waals surface area contributed by atoms with E-state index < -0.39 is 15.8 Å². The van der Waals surface area contributed by atoms with E-state index in [1.165, 1.54) is 0 Å². The van der Waals surface area contributed by atoms with Crippen molar-refractivity contribution in [1.29, 1.82) is 0 Å². The van der Waals surface area contributed by atoms with Gasteiger partial charge in [-0.1, -0.05) is 11.6 Å². The van der Waals surface area contributed by atoms with Crippen molar-refractivity contribution in [3.05, 3.63) is 34.1 Å². The molecule has 0 radical (unpaired) electrons. The monoisotopic (exact) mass is 336 g/mol. The van der Waals surface area contributed by atoms with Gasteiger partial charge in [-0.3, -0.25) is 0 Å². The molecule has 0 heterocycles. The predicted octanol–water partition coefficient (Wildman–Crippen LogP) is 2.41. The number of allylic oxidation sites excluding steroid dienone is 1. The van der Waals surface area contributed by atoms with Crippen molar-refractivity contribution in [3.8, 4) is 0 Å². The average molecular weight is 337 g/mol. The molecule has 0 bridgehead atoms. The summed E-state index contributed by atoms with van der Waals surface area (Å²) < 4.78 is 39.5. The molecule has 0 aliphatic rings. The lowest BCUT2D eigenvalue weighted by atomic mass is 10.3. The summed E-state index contributed by atoms with van der Waals surface area (Å²) in [5.41, 5.74) is 6.15. The van der Waals surface area contributed by atoms with Crippen molar-refractivity contribution in [2.75, 3.05) is 12.3 Å². The number of halogens is 2. The molecule has 0 aliphatic heterocycles. The topological polar surface area (TPSA) is 72.2 Å². The Morgan fingerprint density at radius 2 is 2.11 bits per heavy atom. The molecule has 18 heavy (non-hydrogen) atoms. The van der Waals surface area contributed by atoms with Crippen LogP contribution in [0.1, 0.15) is 13.8 Å². The van der Waals surface area contributed by atoms with Crippen LogP contribution >= 0.6 is 15.9 Å². The Bertz CT molecular complexity index is 581. The number of nitrogen functional groups attached to an aromatic ring is 1. The highest BCUT2D eigenvalue weighted by Gasteiger charge is 2.18. The highest BCUT2D eigenvalue weighted by molar-refractivity contribution is 9.10. The number of nitrogens with one attached hydrogen (secondary N) is 1. The fraction of sp³-hybridized carbons (Fsp3) is 0.273. The van der Waals surface area contributed by atoms with Gasteiger partial charge in [-0.15, -0.1) is 0 Å². The van der Waals surface area contributed by atoms with Gasteiger partial charge in [0, 0.05) is 11.0 Å². The van der Waals surface area contributed by atoms with Gasteiger partial charge in [0.25, 0.3) is 0 Å². The van der Waals surface area contributed by atoms with Crippen LogP contribution in [-0.2, 0) is 10.0 Å². The van der Waals surface area contributed by atoms with Crippen molar-refractivity contribution >= 4 is 31.6 Å². The van der Waals surface area contributed by atoms with Crippen LogP contribution in [0.4, 0.5) is 10.1 Å². The third-order valence-electron chi connectivity index (χ3n) is 2.12. The molecular weight excluding hydrogens is 323 g/mol. The highest BCUT2D eigenvalue weighted by Crippen LogP contribution is 2.26. The standard InChI is InChI=1S/C11H14BrFN2O2S/c1-7(2)3-4-15-18(16,17)11-6-10(14)9(13)5-8(11)12/h3,5-6,15H,4,14H2,1-2H3. The molecule has 0 saturated carbocycles. The minimum Gasteiger partial charge on any atom is -0.396 e. The molecule has 1 aromatic rings. The number of anilines is 1. The summed E-state index contributed by atoms with van der Waals surface area (Å²) in [6, 6.07) is 2.12. The molecule has 100 valence electrons. The van der Waals surface area contributed by atoms with Gasteiger partial charge in [0.1, 0.15) is 5.82 Å². The average Bonchev–Trinajstić information content (AvgIpc) is 2.22. The molecule has 0 spiro atoms. The summed E-state index contributed by atoms with van der Waals surface area (Å²) in [5, 5.41) is 0. The van der Waals surface area contributed by atoms with Gasteiger partial charge >= 0.3 is 0 Å². The van der Waals surface area contributed by atoms with Gasteiger partial charge in [-0.25, -0.2) is 17.5 Å². The third kappa shape index (κ3) is 3.79. The van der Waals surface area contributed by atoms with E-state index in [9.17, 15) is 12.8 Å². The molecule has 0 aromatic heterocycles. The van der Waals surface area contributed by atoms with Gasteiger partial charge in [0.05, 0.1) is 10.6 Å². The molecule has 0 saturated heterocycles. The first-order valence-electron chi connectivity index (χ1n) is 5.11. The fourth-order valence-electron chi connectivity index (χ4n) is 1.18. The molecule has 3 N–H and O–H groups in total. The van der Waals surface area contributed by atoms with E-state index in [0.717, 1.165) is 17.7 Å². The number of nitrogens with two attached hydrogens (primary N) is 1. The lowest BCUT2D eigenvalue weighted by Gasteiger charge is -2.08. The maximum Gasteiger partial charge on any atom is 0.242 e. The van der Waals surface area contributed by atoms with Gasteiger partial charge in [-0.2, -0.15) is 0 Å². The highest BCUT2D eigenvalue weighted by atomic mass is 79.9. The number of benzene rings is 1. The molecule has 1 aromatic carbocycles. The summed E-state index contributed by atoms with van der Waals surface area (Å²) in [6.45, 7) is 3.90. The number of hydrogen-bond donors (Lipinski definition) is 2. The molecule has 0 amide bonds. The molecule has 0 unspecified atom stereocenters. The van der Waals surface area contributed by atoms with Crippen LogP contribution in [0.5, 0.6) is 0 Å². The van der Waals surface area contributed by atoms with E-state index in [1.807, 2.05) is 13.8 Å². The Kier molecular flexibility index (Phi) is 4.89. The van der Waals surface area contributed by atoms with E-state index in [0.29, 0.717) is 0 Å². The van der Waals surface area contributed by atoms with E-state index >= 15 is 0 Å². The Morgan fingerprint density at radius 1 is 1.50 bits per heavy atom. The molecule has 1 rings (SSSR count). The van der Waals surface area contributed by atoms with Crippen molar-refractivity contribution in [2.45, 2.75) is 18.7 Å². The number of hydrogen-bond acceptors (Lipinski definition) is 3. The van der Waals surface area contributed by atoms with Crippen LogP contribution in [0, 0.1) is 5.82 Å². The summed E-state index contributed by atoms with van der Waals surface area (Å²) in [7, 11) is -3.71. The SMILES string of the molecule is CC(C)=CCNS(=O)(=O)c1cc(N)c(F)cc1Br. The zero-order valence-electron chi connectivity index (χ0n) is 10.00. The molecule has 0 fully saturated rings. The molecule has 0 aliphatic carbocycles. The van der Waals surface area contributed by atoms with Crippen LogP contribution in [0.2, 0.25) is 0 Å². The van der Waals surface area contributed by atoms with E-state index in [2.05, 4.69) is 20.7 Å². The lowest BCUT2D eigenvalue weighted by Crippen LogP contribution is -2.24. The van der Waals surface area contributed by atoms with Crippen LogP contribution < -0.4 is 10.5 Å². The van der Waals surface area contributed by atoms with Crippen LogP contribution in [0.3, 0.4) is 0 Å². The maximum atomic E-state index is 13.1. The quantitative estimate of drug-likeness (QED) is 0.655. The van der Waals surface area contributed by atoms with Crippen LogP contribution in [0.25, 0.3) is 0 Å². The normalized spacial score (nSPS) is 11.3. The van der Waals surface area contributed by atoms with Gasteiger partial charge in [0.15, 0.2) is 0 Å². The van der Waals surface area contributed by atoms with E-state index in [4.69, 9.17) is 5.73 Å². The van der Waals surface area contributed by atoms with E-state index in [1.54, 1.807) is 6.08 Å². The van der Waals surface area contributed by atoms with Crippen molar-refractivity contribution in [2.24, 2.45) is 0 Å².